The predicted molar refractivity (Wildman–Crippen MR) is 94.0 cm³/mol. The van der Waals surface area contributed by atoms with Gasteiger partial charge in [0.15, 0.2) is 17.5 Å². The quantitative estimate of drug-likeness (QED) is 0.751. The van der Waals surface area contributed by atoms with Crippen molar-refractivity contribution in [3.8, 4) is 17.2 Å². The first-order valence-corrected chi connectivity index (χ1v) is 8.71. The molecule has 0 spiro atoms. The third-order valence-electron chi connectivity index (χ3n) is 3.32. The number of aromatic nitrogens is 5. The summed E-state index contributed by atoms with van der Waals surface area (Å²) in [6.45, 7) is 0. The van der Waals surface area contributed by atoms with Crippen LogP contribution in [0.25, 0.3) is 17.2 Å². The van der Waals surface area contributed by atoms with E-state index < -0.39 is 0 Å². The van der Waals surface area contributed by atoms with Crippen molar-refractivity contribution in [1.29, 1.82) is 0 Å². The van der Waals surface area contributed by atoms with E-state index in [0.717, 1.165) is 41.0 Å². The van der Waals surface area contributed by atoms with Crippen molar-refractivity contribution < 1.29 is 0 Å². The number of anilines is 1. The summed E-state index contributed by atoms with van der Waals surface area (Å²) in [7, 11) is 1.85. The van der Waals surface area contributed by atoms with Crippen molar-refractivity contribution >= 4 is 17.6 Å². The second-order valence-electron chi connectivity index (χ2n) is 4.87. The molecule has 7 heteroatoms. The topological polar surface area (TPSA) is 68.5 Å². The number of hydrogen-bond donors (Lipinski definition) is 1. The summed E-state index contributed by atoms with van der Waals surface area (Å²) in [4.78, 5) is 13.4. The molecule has 0 saturated heterocycles. The molecule has 0 aliphatic carbocycles. The largest absolute Gasteiger partial charge is 0.373 e. The van der Waals surface area contributed by atoms with Gasteiger partial charge in [0.25, 0.3) is 0 Å². The van der Waals surface area contributed by atoms with E-state index in [4.69, 9.17) is 4.98 Å². The number of hydrogen-bond acceptors (Lipinski definition) is 6. The Labute approximate surface area is 139 Å². The van der Waals surface area contributed by atoms with Crippen molar-refractivity contribution in [3.05, 3.63) is 48.5 Å². The van der Waals surface area contributed by atoms with Crippen LogP contribution in [0.3, 0.4) is 0 Å². The first kappa shape index (κ1) is 15.5. The second-order valence-corrected chi connectivity index (χ2v) is 5.86. The predicted octanol–water partition coefficient (Wildman–Crippen LogP) is 2.67. The van der Waals surface area contributed by atoms with Crippen LogP contribution < -0.4 is 5.32 Å². The van der Waals surface area contributed by atoms with Crippen molar-refractivity contribution in [3.63, 3.8) is 0 Å². The Morgan fingerprint density at radius 3 is 2.83 bits per heavy atom. The van der Waals surface area contributed by atoms with Gasteiger partial charge >= 0.3 is 0 Å². The minimum Gasteiger partial charge on any atom is -0.373 e. The molecule has 0 saturated carbocycles. The molecule has 23 heavy (non-hydrogen) atoms. The average Bonchev–Trinajstić information content (AvgIpc) is 3.05. The summed E-state index contributed by atoms with van der Waals surface area (Å²) in [5.74, 6) is 4.14. The van der Waals surface area contributed by atoms with Crippen LogP contribution in [0.1, 0.15) is 5.82 Å². The number of pyridine rings is 2. The van der Waals surface area contributed by atoms with Gasteiger partial charge in [-0.3, -0.25) is 0 Å². The maximum absolute atomic E-state index is 4.71. The fraction of sp³-hybridized carbons (Fsp3) is 0.250. The summed E-state index contributed by atoms with van der Waals surface area (Å²) in [6, 6.07) is 9.66. The molecule has 0 atom stereocenters. The van der Waals surface area contributed by atoms with E-state index in [1.54, 1.807) is 28.8 Å². The van der Waals surface area contributed by atoms with Gasteiger partial charge in [-0.2, -0.15) is 16.4 Å². The molecule has 0 radical (unpaired) electrons. The molecule has 0 unspecified atom stereocenters. The van der Waals surface area contributed by atoms with Gasteiger partial charge in [-0.1, -0.05) is 6.07 Å². The van der Waals surface area contributed by atoms with Crippen molar-refractivity contribution in [2.75, 3.05) is 24.4 Å². The van der Waals surface area contributed by atoms with Crippen molar-refractivity contribution in [2.24, 2.45) is 0 Å². The van der Waals surface area contributed by atoms with Gasteiger partial charge in [-0.05, 0) is 30.5 Å². The lowest BCUT2D eigenvalue weighted by atomic mass is 10.2. The van der Waals surface area contributed by atoms with E-state index in [-0.39, 0.29) is 0 Å². The molecule has 0 aromatic carbocycles. The molecule has 6 nitrogen and oxygen atoms in total. The molecule has 0 bridgehead atoms. The van der Waals surface area contributed by atoms with E-state index in [1.807, 2.05) is 37.4 Å². The maximum atomic E-state index is 4.71. The Morgan fingerprint density at radius 2 is 2.09 bits per heavy atom. The molecular formula is C16H18N6S. The first-order chi connectivity index (χ1) is 11.3. The van der Waals surface area contributed by atoms with E-state index in [1.165, 1.54) is 0 Å². The van der Waals surface area contributed by atoms with E-state index >= 15 is 0 Å². The molecule has 3 aromatic heterocycles. The third kappa shape index (κ3) is 3.50. The van der Waals surface area contributed by atoms with E-state index in [0.29, 0.717) is 0 Å². The molecule has 0 aliphatic rings. The van der Waals surface area contributed by atoms with Crippen LogP contribution >= 0.6 is 11.8 Å². The van der Waals surface area contributed by atoms with Crippen LogP contribution in [0, 0.1) is 0 Å². The van der Waals surface area contributed by atoms with Crippen molar-refractivity contribution in [2.45, 2.75) is 6.42 Å². The Morgan fingerprint density at radius 1 is 1.17 bits per heavy atom. The Bertz CT molecular complexity index is 771. The number of aryl methyl sites for hydroxylation is 1. The highest BCUT2D eigenvalue weighted by molar-refractivity contribution is 7.98. The van der Waals surface area contributed by atoms with Gasteiger partial charge in [0, 0.05) is 37.2 Å². The number of thioether (sulfide) groups is 1. The van der Waals surface area contributed by atoms with Crippen LogP contribution in [0.4, 0.5) is 5.82 Å². The zero-order valence-corrected chi connectivity index (χ0v) is 13.9. The first-order valence-electron chi connectivity index (χ1n) is 7.32. The van der Waals surface area contributed by atoms with Gasteiger partial charge in [0.2, 0.25) is 0 Å². The number of nitrogens with one attached hydrogen (secondary N) is 1. The standard InChI is InChI=1S/C16H18N6S/c1-17-14-11-12(6-9-18-14)16-20-13(7-10-23-2)21-22(16)15-5-3-4-8-19-15/h3-6,8-9,11H,7,10H2,1-2H3,(H,17,18). The monoisotopic (exact) mass is 326 g/mol. The highest BCUT2D eigenvalue weighted by atomic mass is 32.2. The van der Waals surface area contributed by atoms with Gasteiger partial charge in [0.05, 0.1) is 0 Å². The smallest absolute Gasteiger partial charge is 0.165 e. The van der Waals surface area contributed by atoms with Gasteiger partial charge in [-0.15, -0.1) is 5.10 Å². The average molecular weight is 326 g/mol. The van der Waals surface area contributed by atoms with Gasteiger partial charge in [0.1, 0.15) is 5.82 Å². The minimum atomic E-state index is 0.758. The second kappa shape index (κ2) is 7.23. The van der Waals surface area contributed by atoms with Crippen LogP contribution in [0.5, 0.6) is 0 Å². The number of nitrogens with zero attached hydrogens (tertiary/aromatic N) is 5. The highest BCUT2D eigenvalue weighted by Crippen LogP contribution is 2.22. The molecule has 0 fully saturated rings. The number of rotatable bonds is 6. The molecular weight excluding hydrogens is 308 g/mol. The minimum absolute atomic E-state index is 0.758. The lowest BCUT2D eigenvalue weighted by Gasteiger charge is -2.06. The maximum Gasteiger partial charge on any atom is 0.165 e. The highest BCUT2D eigenvalue weighted by Gasteiger charge is 2.14. The molecule has 3 rings (SSSR count). The lowest BCUT2D eigenvalue weighted by molar-refractivity contribution is 0.822. The molecule has 3 aromatic rings. The van der Waals surface area contributed by atoms with Crippen LogP contribution in [-0.2, 0) is 6.42 Å². The normalized spacial score (nSPS) is 10.7. The molecule has 0 amide bonds. The SMILES string of the molecule is CNc1cc(-c2nc(CCSC)nn2-c2ccccn2)ccn1. The van der Waals surface area contributed by atoms with E-state index in [2.05, 4.69) is 26.6 Å². The zero-order valence-electron chi connectivity index (χ0n) is 13.1. The summed E-state index contributed by atoms with van der Waals surface area (Å²) in [5, 5.41) is 7.69. The molecule has 1 N–H and O–H groups in total. The van der Waals surface area contributed by atoms with Crippen LogP contribution in [0.2, 0.25) is 0 Å². The van der Waals surface area contributed by atoms with Crippen molar-refractivity contribution in [1.82, 2.24) is 24.7 Å². The molecule has 118 valence electrons. The molecule has 3 heterocycles. The van der Waals surface area contributed by atoms with Gasteiger partial charge < -0.3 is 5.32 Å². The fourth-order valence-corrected chi connectivity index (χ4v) is 2.57. The van der Waals surface area contributed by atoms with Crippen LogP contribution in [0.15, 0.2) is 42.7 Å². The summed E-state index contributed by atoms with van der Waals surface area (Å²) in [6.07, 6.45) is 6.44. The summed E-state index contributed by atoms with van der Waals surface area (Å²) >= 11 is 1.78. The van der Waals surface area contributed by atoms with E-state index in [9.17, 15) is 0 Å². The molecule has 0 aliphatic heterocycles. The Kier molecular flexibility index (Phi) is 4.87. The summed E-state index contributed by atoms with van der Waals surface area (Å²) < 4.78 is 1.80. The third-order valence-corrected chi connectivity index (χ3v) is 3.93. The Balaban J connectivity index is 2.08. The Hall–Kier alpha value is -2.41. The van der Waals surface area contributed by atoms with Gasteiger partial charge in [-0.25, -0.2) is 15.0 Å². The fourth-order valence-electron chi connectivity index (χ4n) is 2.19. The zero-order chi connectivity index (χ0) is 16.1. The summed E-state index contributed by atoms with van der Waals surface area (Å²) in [5.41, 5.74) is 0.956. The lowest BCUT2D eigenvalue weighted by Crippen LogP contribution is -2.02. The van der Waals surface area contributed by atoms with Crippen LogP contribution in [-0.4, -0.2) is 43.8 Å².